The normalized spacial score (nSPS) is 11.2. The minimum Gasteiger partial charge on any atom is -0.362 e. The molecule has 0 amide bonds. The maximum absolute atomic E-state index is 4.18. The van der Waals surface area contributed by atoms with Crippen LogP contribution in [0.3, 0.4) is 0 Å². The fourth-order valence-electron chi connectivity index (χ4n) is 2.09. The third kappa shape index (κ3) is 4.76. The molecule has 0 spiro atoms. The second kappa shape index (κ2) is 9.08. The molecule has 0 bridgehead atoms. The zero-order chi connectivity index (χ0) is 16.5. The molecule has 0 aromatic carbocycles. The predicted octanol–water partition coefficient (Wildman–Crippen LogP) is 5.75. The van der Waals surface area contributed by atoms with Gasteiger partial charge in [0.1, 0.15) is 5.65 Å². The van der Waals surface area contributed by atoms with Crippen molar-refractivity contribution in [3.05, 3.63) is 59.8 Å². The molecule has 0 aliphatic heterocycles. The van der Waals surface area contributed by atoms with Gasteiger partial charge in [-0.05, 0) is 50.5 Å². The molecule has 3 heterocycles. The number of fused-ring (bicyclic) bond motifs is 1. The summed E-state index contributed by atoms with van der Waals surface area (Å²) in [4.78, 5) is 7.51. The monoisotopic (exact) mass is 301 g/mol. The zero-order valence-corrected chi connectivity index (χ0v) is 14.7. The summed E-state index contributed by atoms with van der Waals surface area (Å²) < 4.78 is 2.06. The molecule has 22 heavy (non-hydrogen) atoms. The van der Waals surface area contributed by atoms with Gasteiger partial charge in [-0.1, -0.05) is 33.8 Å². The molecule has 3 heteroatoms. The molecule has 3 nitrogen and oxygen atoms in total. The van der Waals surface area contributed by atoms with Gasteiger partial charge in [0, 0.05) is 30.9 Å². The Morgan fingerprint density at radius 2 is 1.91 bits per heavy atom. The van der Waals surface area contributed by atoms with Crippen LogP contribution in [0.25, 0.3) is 5.65 Å². The Morgan fingerprint density at radius 1 is 1.18 bits per heavy atom. The molecule has 3 aromatic heterocycles. The van der Waals surface area contributed by atoms with Crippen molar-refractivity contribution in [3.8, 4) is 0 Å². The van der Waals surface area contributed by atoms with E-state index in [1.807, 2.05) is 51.4 Å². The minimum atomic E-state index is 0. The lowest BCUT2D eigenvalue weighted by atomic mass is 10.1. The molecule has 3 aromatic rings. The van der Waals surface area contributed by atoms with Gasteiger partial charge in [0.05, 0.1) is 0 Å². The van der Waals surface area contributed by atoms with E-state index in [1.54, 1.807) is 0 Å². The molecule has 3 rings (SSSR count). The first-order valence-electron chi connectivity index (χ1n) is 8.16. The number of hydrogen-bond donors (Lipinski definition) is 1. The summed E-state index contributed by atoms with van der Waals surface area (Å²) >= 11 is 0. The van der Waals surface area contributed by atoms with Crippen molar-refractivity contribution >= 4 is 5.65 Å². The van der Waals surface area contributed by atoms with Crippen LogP contribution in [0.15, 0.2) is 42.7 Å². The van der Waals surface area contributed by atoms with Crippen LogP contribution < -0.4 is 0 Å². The van der Waals surface area contributed by atoms with Crippen molar-refractivity contribution in [1.29, 1.82) is 0 Å². The molecule has 0 fully saturated rings. The van der Waals surface area contributed by atoms with Crippen molar-refractivity contribution < 1.29 is 1.43 Å². The van der Waals surface area contributed by atoms with Gasteiger partial charge in [-0.2, -0.15) is 0 Å². The molecule has 0 aliphatic rings. The van der Waals surface area contributed by atoms with Gasteiger partial charge in [-0.3, -0.25) is 0 Å². The molecule has 1 N–H and O–H groups in total. The Labute approximate surface area is 135 Å². The molecule has 1 atom stereocenters. The Bertz CT molecular complexity index is 670. The molecular formula is C19H31N3. The summed E-state index contributed by atoms with van der Waals surface area (Å²) in [6, 6.07) is 10.3. The van der Waals surface area contributed by atoms with E-state index >= 15 is 0 Å². The lowest BCUT2D eigenvalue weighted by Crippen LogP contribution is -1.90. The maximum Gasteiger partial charge on any atom is 0.136 e. The van der Waals surface area contributed by atoms with Crippen LogP contribution in [0.2, 0.25) is 0 Å². The van der Waals surface area contributed by atoms with Gasteiger partial charge in [0.2, 0.25) is 0 Å². The summed E-state index contributed by atoms with van der Waals surface area (Å²) in [7, 11) is 0. The van der Waals surface area contributed by atoms with Crippen LogP contribution in [-0.4, -0.2) is 14.4 Å². The van der Waals surface area contributed by atoms with Crippen molar-refractivity contribution in [1.82, 2.24) is 14.4 Å². The van der Waals surface area contributed by atoms with E-state index < -0.39 is 0 Å². The van der Waals surface area contributed by atoms with E-state index in [-0.39, 0.29) is 1.43 Å². The van der Waals surface area contributed by atoms with Crippen molar-refractivity contribution in [2.24, 2.45) is 0 Å². The quantitative estimate of drug-likeness (QED) is 0.642. The van der Waals surface area contributed by atoms with Crippen LogP contribution in [0.5, 0.6) is 0 Å². The highest BCUT2D eigenvalue weighted by Gasteiger charge is 2.02. The lowest BCUT2D eigenvalue weighted by Gasteiger charge is -2.03. The number of rotatable bonds is 2. The van der Waals surface area contributed by atoms with Gasteiger partial charge in [0.15, 0.2) is 0 Å². The molecular weight excluding hydrogens is 270 g/mol. The number of aryl methyl sites for hydroxylation is 2. The smallest absolute Gasteiger partial charge is 0.136 e. The first-order chi connectivity index (χ1) is 10.6. The fourth-order valence-corrected chi connectivity index (χ4v) is 2.09. The average Bonchev–Trinajstić information content (AvgIpc) is 3.16. The topological polar surface area (TPSA) is 33.1 Å². The number of nitrogens with zero attached hydrogens (tertiary/aromatic N) is 2. The van der Waals surface area contributed by atoms with E-state index in [4.69, 9.17) is 0 Å². The van der Waals surface area contributed by atoms with Crippen molar-refractivity contribution in [2.75, 3.05) is 0 Å². The zero-order valence-electron chi connectivity index (χ0n) is 14.7. The maximum atomic E-state index is 4.18. The van der Waals surface area contributed by atoms with Gasteiger partial charge in [-0.25, -0.2) is 4.98 Å². The van der Waals surface area contributed by atoms with Crippen LogP contribution in [0, 0.1) is 13.8 Å². The largest absolute Gasteiger partial charge is 0.362 e. The Balaban J connectivity index is 0.000000366. The second-order valence-electron chi connectivity index (χ2n) is 5.23. The van der Waals surface area contributed by atoms with Crippen LogP contribution in [0.4, 0.5) is 0 Å². The summed E-state index contributed by atoms with van der Waals surface area (Å²) in [5, 5.41) is 0. The number of aromatic nitrogens is 3. The molecule has 0 aliphatic carbocycles. The summed E-state index contributed by atoms with van der Waals surface area (Å²) in [6.45, 7) is 12.6. The van der Waals surface area contributed by atoms with E-state index in [2.05, 4.69) is 47.3 Å². The highest BCUT2D eigenvalue weighted by Crippen LogP contribution is 2.16. The van der Waals surface area contributed by atoms with Gasteiger partial charge >= 0.3 is 0 Å². The van der Waals surface area contributed by atoms with E-state index in [1.165, 1.54) is 23.5 Å². The van der Waals surface area contributed by atoms with Gasteiger partial charge < -0.3 is 9.38 Å². The standard InChI is InChI=1S/C9H15N.C8H8N2.C2H6.H2/c1-4-7(2)9-6-5-8(3)10-9;1-7-6-9-8-4-2-3-5-10(7)8;1-2;/h5-7,10H,4H2,1-3H3;2-6H,1H3;1-2H3;1H. The molecule has 122 valence electrons. The SMILES string of the molecule is CC.CCC(C)c1ccc(C)[nH]1.Cc1cnc2ccccn12.[HH]. The second-order valence-corrected chi connectivity index (χ2v) is 5.23. The number of hydrogen-bond acceptors (Lipinski definition) is 1. The number of nitrogens with one attached hydrogen (secondary N) is 1. The molecule has 0 radical (unpaired) electrons. The van der Waals surface area contributed by atoms with Crippen molar-refractivity contribution in [3.63, 3.8) is 0 Å². The molecule has 0 saturated carbocycles. The fraction of sp³-hybridized carbons (Fsp3) is 0.421. The Morgan fingerprint density at radius 3 is 2.45 bits per heavy atom. The van der Waals surface area contributed by atoms with Crippen LogP contribution >= 0.6 is 0 Å². The van der Waals surface area contributed by atoms with Crippen molar-refractivity contribution in [2.45, 2.75) is 53.9 Å². The summed E-state index contributed by atoms with van der Waals surface area (Å²) in [6.07, 6.45) is 5.09. The third-order valence-electron chi connectivity index (χ3n) is 3.60. The van der Waals surface area contributed by atoms with Gasteiger partial charge in [-0.15, -0.1) is 0 Å². The number of pyridine rings is 1. The predicted molar refractivity (Wildman–Crippen MR) is 97.6 cm³/mol. The van der Waals surface area contributed by atoms with E-state index in [9.17, 15) is 0 Å². The summed E-state index contributed by atoms with van der Waals surface area (Å²) in [5.41, 5.74) is 4.81. The average molecular weight is 301 g/mol. The molecule has 0 saturated heterocycles. The highest BCUT2D eigenvalue weighted by molar-refractivity contribution is 5.39. The first-order valence-corrected chi connectivity index (χ1v) is 8.16. The summed E-state index contributed by atoms with van der Waals surface area (Å²) in [5.74, 6) is 0.675. The Hall–Kier alpha value is -2.03. The highest BCUT2D eigenvalue weighted by atomic mass is 15.0. The van der Waals surface area contributed by atoms with Crippen LogP contribution in [-0.2, 0) is 0 Å². The third-order valence-corrected chi connectivity index (χ3v) is 3.60. The Kier molecular flexibility index (Phi) is 7.44. The van der Waals surface area contributed by atoms with Crippen LogP contribution in [0.1, 0.15) is 58.5 Å². The van der Waals surface area contributed by atoms with Gasteiger partial charge in [0.25, 0.3) is 0 Å². The number of imidazole rings is 1. The first kappa shape index (κ1) is 18.0. The lowest BCUT2D eigenvalue weighted by molar-refractivity contribution is 0.711. The number of aromatic amines is 1. The molecule has 1 unspecified atom stereocenters. The van der Waals surface area contributed by atoms with E-state index in [0.717, 1.165) is 5.65 Å². The number of H-pyrrole nitrogens is 1. The van der Waals surface area contributed by atoms with E-state index in [0.29, 0.717) is 5.92 Å². The minimum absolute atomic E-state index is 0.